The van der Waals surface area contributed by atoms with E-state index in [4.69, 9.17) is 9.97 Å². The van der Waals surface area contributed by atoms with Crippen molar-refractivity contribution in [3.05, 3.63) is 222 Å². The van der Waals surface area contributed by atoms with E-state index in [1.807, 2.05) is 6.07 Å². The van der Waals surface area contributed by atoms with Crippen LogP contribution in [0, 0.1) is 27.7 Å². The molecule has 0 aliphatic carbocycles. The largest absolute Gasteiger partial charge is 0.307 e. The van der Waals surface area contributed by atoms with Crippen LogP contribution in [-0.4, -0.2) is 23.7 Å². The van der Waals surface area contributed by atoms with Gasteiger partial charge < -0.3 is 13.7 Å². The Labute approximate surface area is 388 Å². The number of aromatic nitrogens is 5. The molecule has 13 rings (SSSR count). The molecule has 0 atom stereocenters. The summed E-state index contributed by atoms with van der Waals surface area (Å²) in [6, 6.07) is 73.1. The average molecular weight is 860 g/mol. The van der Waals surface area contributed by atoms with Gasteiger partial charge >= 0.3 is 0 Å². The molecule has 0 spiro atoms. The third-order valence-electron chi connectivity index (χ3n) is 13.6. The van der Waals surface area contributed by atoms with Crippen molar-refractivity contribution in [1.29, 1.82) is 0 Å². The zero-order valence-electron chi connectivity index (χ0n) is 37.8. The number of hydrogen-bond donors (Lipinski definition) is 0. The molecule has 0 saturated carbocycles. The maximum atomic E-state index is 5.50. The fourth-order valence-corrected chi connectivity index (χ4v) is 10.6. The van der Waals surface area contributed by atoms with E-state index in [0.717, 1.165) is 78.2 Å². The van der Waals surface area contributed by atoms with Gasteiger partial charge in [-0.1, -0.05) is 144 Å². The van der Waals surface area contributed by atoms with Crippen molar-refractivity contribution in [3.8, 4) is 51.0 Å². The Balaban J connectivity index is 1.27. The van der Waals surface area contributed by atoms with Crippen LogP contribution in [0.2, 0.25) is 0 Å². The Morgan fingerprint density at radius 3 is 1.07 bits per heavy atom. The molecule has 0 bridgehead atoms. The van der Waals surface area contributed by atoms with Gasteiger partial charge in [-0.2, -0.15) is 0 Å². The fourth-order valence-electron chi connectivity index (χ4n) is 10.6. The molecule has 9 aromatic carbocycles. The lowest BCUT2D eigenvalue weighted by Gasteiger charge is -2.24. The SMILES string of the molecule is Cc1ccc2c(c1)c1cc(C)ccc1n2-c1cc(-c2cc(-c3ccccc3)nc(-c3ccccc3)n2)cc(-n2c3ccc(C)cc3c3cc(C)ccc32)c1-n1c2ccccc2c2ccccc21. The summed E-state index contributed by atoms with van der Waals surface area (Å²) in [5.74, 6) is 0.678. The summed E-state index contributed by atoms with van der Waals surface area (Å²) >= 11 is 0. The molecule has 4 aromatic heterocycles. The highest BCUT2D eigenvalue weighted by molar-refractivity contribution is 6.14. The van der Waals surface area contributed by atoms with Gasteiger partial charge in [-0.05, 0) is 107 Å². The second-order valence-corrected chi connectivity index (χ2v) is 18.2. The van der Waals surface area contributed by atoms with E-state index in [1.54, 1.807) is 0 Å². The predicted molar refractivity (Wildman–Crippen MR) is 280 cm³/mol. The summed E-state index contributed by atoms with van der Waals surface area (Å²) < 4.78 is 7.54. The molecule has 0 unspecified atom stereocenters. The second kappa shape index (κ2) is 15.0. The van der Waals surface area contributed by atoms with Crippen LogP contribution >= 0.6 is 0 Å². The van der Waals surface area contributed by atoms with Gasteiger partial charge in [0.1, 0.15) is 0 Å². The first kappa shape index (κ1) is 38.9. The Hall–Kier alpha value is -8.54. The molecule has 13 aromatic rings. The molecule has 0 N–H and O–H groups in total. The maximum absolute atomic E-state index is 5.50. The molecule has 4 heterocycles. The minimum absolute atomic E-state index is 0.678. The number of rotatable bonds is 6. The summed E-state index contributed by atoms with van der Waals surface area (Å²) in [6.07, 6.45) is 0. The molecular weight excluding hydrogens is 815 g/mol. The number of hydrogen-bond acceptors (Lipinski definition) is 2. The van der Waals surface area contributed by atoms with Crippen LogP contribution in [0.15, 0.2) is 200 Å². The van der Waals surface area contributed by atoms with Crippen molar-refractivity contribution in [2.45, 2.75) is 27.7 Å². The third-order valence-corrected chi connectivity index (χ3v) is 13.6. The Bertz CT molecular complexity index is 3750. The van der Waals surface area contributed by atoms with E-state index < -0.39 is 0 Å². The van der Waals surface area contributed by atoms with E-state index in [-0.39, 0.29) is 0 Å². The first-order chi connectivity index (χ1) is 32.9. The molecule has 0 fully saturated rings. The van der Waals surface area contributed by atoms with E-state index in [2.05, 4.69) is 236 Å². The summed E-state index contributed by atoms with van der Waals surface area (Å²) in [6.45, 7) is 8.76. The minimum Gasteiger partial charge on any atom is -0.307 e. The predicted octanol–water partition coefficient (Wildman–Crippen LogP) is 16.0. The zero-order valence-corrected chi connectivity index (χ0v) is 37.8. The summed E-state index contributed by atoms with van der Waals surface area (Å²) in [5.41, 5.74) is 19.6. The number of benzene rings is 9. The van der Waals surface area contributed by atoms with Gasteiger partial charge in [-0.3, -0.25) is 0 Å². The monoisotopic (exact) mass is 859 g/mol. The molecule has 0 aliphatic heterocycles. The standard InChI is InChI=1S/C62H45N5/c1-38-23-27-55-47(31-38)48-32-39(2)24-28-56(48)65(55)59-35-44(52-37-51(42-15-7-5-8-16-42)63-62(64-52)43-17-9-6-10-18-43)36-60(61(59)67-53-21-13-11-19-45(53)46-20-12-14-22-54(46)67)66-57-29-25-40(3)33-49(57)50-34-41(4)26-30-58(50)66/h5-37H,1-4H3. The van der Waals surface area contributed by atoms with Crippen LogP contribution < -0.4 is 0 Å². The fraction of sp³-hybridized carbons (Fsp3) is 0.0645. The van der Waals surface area contributed by atoms with Gasteiger partial charge in [0.05, 0.1) is 61.6 Å². The summed E-state index contributed by atoms with van der Waals surface area (Å²) in [5, 5.41) is 7.30. The lowest BCUT2D eigenvalue weighted by Crippen LogP contribution is -2.10. The third kappa shape index (κ3) is 6.15. The molecule has 0 saturated heterocycles. The van der Waals surface area contributed by atoms with Gasteiger partial charge in [-0.15, -0.1) is 0 Å². The number of fused-ring (bicyclic) bond motifs is 9. The van der Waals surface area contributed by atoms with E-state index in [0.29, 0.717) is 5.82 Å². The van der Waals surface area contributed by atoms with Crippen molar-refractivity contribution >= 4 is 65.4 Å². The highest BCUT2D eigenvalue weighted by atomic mass is 15.1. The smallest absolute Gasteiger partial charge is 0.160 e. The van der Waals surface area contributed by atoms with Crippen molar-refractivity contribution < 1.29 is 0 Å². The summed E-state index contributed by atoms with van der Waals surface area (Å²) in [4.78, 5) is 10.7. The van der Waals surface area contributed by atoms with E-state index in [1.165, 1.54) is 54.6 Å². The lowest BCUT2D eigenvalue weighted by molar-refractivity contribution is 1.05. The first-order valence-corrected chi connectivity index (χ1v) is 23.1. The molecule has 5 nitrogen and oxygen atoms in total. The van der Waals surface area contributed by atoms with Crippen molar-refractivity contribution in [3.63, 3.8) is 0 Å². The minimum atomic E-state index is 0.678. The van der Waals surface area contributed by atoms with Crippen LogP contribution in [0.4, 0.5) is 0 Å². The van der Waals surface area contributed by atoms with Crippen LogP contribution in [0.25, 0.3) is 116 Å². The number of aryl methyl sites for hydroxylation is 4. The zero-order chi connectivity index (χ0) is 44.9. The van der Waals surface area contributed by atoms with Gasteiger partial charge in [0.15, 0.2) is 5.82 Å². The lowest BCUT2D eigenvalue weighted by atomic mass is 10.0. The quantitative estimate of drug-likeness (QED) is 0.167. The molecule has 5 heteroatoms. The first-order valence-electron chi connectivity index (χ1n) is 23.1. The average Bonchev–Trinajstić information content (AvgIpc) is 3.98. The highest BCUT2D eigenvalue weighted by Crippen LogP contribution is 2.45. The van der Waals surface area contributed by atoms with Crippen molar-refractivity contribution in [1.82, 2.24) is 23.7 Å². The van der Waals surface area contributed by atoms with Gasteiger partial charge in [-0.25, -0.2) is 9.97 Å². The Morgan fingerprint density at radius 1 is 0.284 bits per heavy atom. The number of nitrogens with zero attached hydrogens (tertiary/aromatic N) is 5. The van der Waals surface area contributed by atoms with E-state index in [9.17, 15) is 0 Å². The van der Waals surface area contributed by atoms with Crippen LogP contribution in [0.5, 0.6) is 0 Å². The van der Waals surface area contributed by atoms with Crippen LogP contribution in [0.1, 0.15) is 22.3 Å². The molecule has 0 aliphatic rings. The summed E-state index contributed by atoms with van der Waals surface area (Å²) in [7, 11) is 0. The van der Waals surface area contributed by atoms with Gasteiger partial charge in [0.25, 0.3) is 0 Å². The van der Waals surface area contributed by atoms with Gasteiger partial charge in [0.2, 0.25) is 0 Å². The van der Waals surface area contributed by atoms with Crippen LogP contribution in [0.3, 0.4) is 0 Å². The van der Waals surface area contributed by atoms with Crippen molar-refractivity contribution in [2.75, 3.05) is 0 Å². The topological polar surface area (TPSA) is 40.6 Å². The molecule has 0 amide bonds. The Morgan fingerprint density at radius 2 is 0.642 bits per heavy atom. The van der Waals surface area contributed by atoms with E-state index >= 15 is 0 Å². The molecule has 0 radical (unpaired) electrons. The molecule has 67 heavy (non-hydrogen) atoms. The maximum Gasteiger partial charge on any atom is 0.160 e. The van der Waals surface area contributed by atoms with Gasteiger partial charge in [0, 0.05) is 49.0 Å². The molecule has 318 valence electrons. The number of para-hydroxylation sites is 2. The van der Waals surface area contributed by atoms with Crippen LogP contribution in [-0.2, 0) is 0 Å². The highest BCUT2D eigenvalue weighted by Gasteiger charge is 2.27. The normalized spacial score (nSPS) is 11.9. The Kier molecular flexibility index (Phi) is 8.71. The second-order valence-electron chi connectivity index (χ2n) is 18.2. The molecular formula is C62H45N5. The van der Waals surface area contributed by atoms with Crippen molar-refractivity contribution in [2.24, 2.45) is 0 Å².